The van der Waals surface area contributed by atoms with E-state index in [2.05, 4.69) is 39.1 Å². The molecule has 8 heteroatoms. The summed E-state index contributed by atoms with van der Waals surface area (Å²) in [5.41, 5.74) is 12.5. The van der Waals surface area contributed by atoms with Gasteiger partial charge in [0, 0.05) is 0 Å². The average Bonchev–Trinajstić information content (AvgIpc) is 3.07. The molecule has 0 spiro atoms. The van der Waals surface area contributed by atoms with Crippen LogP contribution in [0, 0.1) is 43.4 Å². The largest absolute Gasteiger partial charge is 0.469 e. The van der Waals surface area contributed by atoms with E-state index < -0.39 is 25.9 Å². The first-order valence-electron chi connectivity index (χ1n) is 13.3. The maximum absolute atomic E-state index is 12.9. The number of nitrogens with two attached hydrogens (primary N) is 1. The first kappa shape index (κ1) is 27.8. The summed E-state index contributed by atoms with van der Waals surface area (Å²) in [7, 11) is -4.77. The van der Waals surface area contributed by atoms with Crippen LogP contribution in [0.15, 0.2) is 0 Å². The van der Waals surface area contributed by atoms with E-state index in [0.29, 0.717) is 23.0 Å². The van der Waals surface area contributed by atoms with Crippen molar-refractivity contribution in [1.29, 1.82) is 0 Å². The highest BCUT2D eigenvalue weighted by molar-refractivity contribution is 7.46. The Labute approximate surface area is 215 Å². The third-order valence-electron chi connectivity index (χ3n) is 10.4. The third kappa shape index (κ3) is 4.29. The van der Waals surface area contributed by atoms with Gasteiger partial charge in [-0.3, -0.25) is 4.52 Å². The average molecular weight is 522 g/mol. The lowest BCUT2D eigenvalue weighted by Crippen LogP contribution is -2.55. The minimum Gasteiger partial charge on any atom is -0.425 e. The second kappa shape index (κ2) is 8.91. The van der Waals surface area contributed by atoms with E-state index in [1.807, 2.05) is 13.8 Å². The Bertz CT molecular complexity index is 1130. The van der Waals surface area contributed by atoms with Crippen molar-refractivity contribution >= 4 is 13.8 Å². The number of fused-ring (bicyclic) bond motifs is 5. The monoisotopic (exact) mass is 521 g/mol. The highest BCUT2D eigenvalue weighted by Gasteiger charge is 2.61. The lowest BCUT2D eigenvalue weighted by atomic mass is 9.43. The zero-order valence-electron chi connectivity index (χ0n) is 23.1. The second-order valence-electron chi connectivity index (χ2n) is 12.9. The Morgan fingerprint density at radius 3 is 2.28 bits per heavy atom. The Morgan fingerprint density at radius 2 is 1.67 bits per heavy atom. The number of hydrogen-bond acceptors (Lipinski definition) is 5. The lowest BCUT2D eigenvalue weighted by Gasteiger charge is -2.61. The van der Waals surface area contributed by atoms with E-state index in [-0.39, 0.29) is 10.8 Å². The number of phosphoric ester groups is 1. The van der Waals surface area contributed by atoms with Crippen molar-refractivity contribution in [3.8, 4) is 5.75 Å². The van der Waals surface area contributed by atoms with Gasteiger partial charge in [0.05, 0.1) is 6.10 Å². The van der Waals surface area contributed by atoms with Crippen LogP contribution < -0.4 is 10.5 Å². The summed E-state index contributed by atoms with van der Waals surface area (Å²) < 4.78 is 21.6. The number of phosphoric acid groups is 1. The molecule has 2 fully saturated rings. The fourth-order valence-corrected chi connectivity index (χ4v) is 9.19. The summed E-state index contributed by atoms with van der Waals surface area (Å²) in [5, 5.41) is 0. The van der Waals surface area contributed by atoms with Gasteiger partial charge in [0.25, 0.3) is 0 Å². The van der Waals surface area contributed by atoms with Crippen molar-refractivity contribution in [3.63, 3.8) is 0 Å². The molecule has 3 aliphatic rings. The molecule has 4 rings (SSSR count). The molecule has 202 valence electrons. The van der Waals surface area contributed by atoms with Gasteiger partial charge < -0.3 is 20.3 Å². The summed E-state index contributed by atoms with van der Waals surface area (Å²) >= 11 is 0. The zero-order chi connectivity index (χ0) is 27.0. The quantitative estimate of drug-likeness (QED) is 0.270. The summed E-state index contributed by atoms with van der Waals surface area (Å²) in [6, 6.07) is -1.32. The number of carbonyl (C=O) groups is 1. The fraction of sp³-hybridized carbons (Fsp3) is 0.750. The molecule has 6 atom stereocenters. The first-order chi connectivity index (χ1) is 16.4. The van der Waals surface area contributed by atoms with Crippen LogP contribution in [0.2, 0.25) is 0 Å². The summed E-state index contributed by atoms with van der Waals surface area (Å²) in [5.74, 6) is 1.01. The maximum Gasteiger partial charge on any atom is 0.469 e. The van der Waals surface area contributed by atoms with Crippen molar-refractivity contribution in [1.82, 2.24) is 0 Å². The molecule has 2 saturated carbocycles. The molecule has 4 N–H and O–H groups in total. The number of esters is 1. The summed E-state index contributed by atoms with van der Waals surface area (Å²) in [6.07, 6.45) is 6.05. The van der Waals surface area contributed by atoms with Crippen LogP contribution in [0.3, 0.4) is 0 Å². The smallest absolute Gasteiger partial charge is 0.425 e. The van der Waals surface area contributed by atoms with Gasteiger partial charge in [-0.25, -0.2) is 9.36 Å². The Morgan fingerprint density at radius 1 is 1.03 bits per heavy atom. The molecule has 0 aliphatic heterocycles. The van der Waals surface area contributed by atoms with Gasteiger partial charge in [0.15, 0.2) is 0 Å². The summed E-state index contributed by atoms with van der Waals surface area (Å²) in [6.45, 7) is 17.4. The Balaban J connectivity index is 1.70. The van der Waals surface area contributed by atoms with Crippen molar-refractivity contribution in [2.45, 2.75) is 111 Å². The predicted molar refractivity (Wildman–Crippen MR) is 140 cm³/mol. The van der Waals surface area contributed by atoms with Crippen LogP contribution in [-0.2, 0) is 25.7 Å². The molecular weight excluding hydrogens is 477 g/mol. The molecule has 0 amide bonds. The fourth-order valence-electron chi connectivity index (χ4n) is 8.63. The Kier molecular flexibility index (Phi) is 6.88. The lowest BCUT2D eigenvalue weighted by molar-refractivity contribution is -0.138. The molecule has 1 aromatic carbocycles. The number of ether oxygens (including phenoxy) is 1. The molecule has 4 unspecified atom stereocenters. The van der Waals surface area contributed by atoms with Crippen molar-refractivity contribution in [2.75, 3.05) is 0 Å². The molecule has 0 bridgehead atoms. The van der Waals surface area contributed by atoms with E-state index in [4.69, 9.17) is 20.3 Å². The molecule has 0 saturated heterocycles. The van der Waals surface area contributed by atoms with Crippen molar-refractivity contribution in [2.24, 2.45) is 28.4 Å². The standard InChI is InChI=1S/C28H44NO6P/c1-15-16(2)24(34-25(30)23(29)18(4)35-36(31,32)33)17(3)19-14-21-27(7)12-9-11-26(5,6)20(27)10-13-28(21,8)22(15)19/h18,20-21,23H,9-14,29H2,1-8H3,(H2,31,32,33)/t18?,20?,21-,23?,27+,28?/m1/s1. The van der Waals surface area contributed by atoms with Gasteiger partial charge >= 0.3 is 13.8 Å². The minimum atomic E-state index is -4.77. The number of rotatable bonds is 5. The van der Waals surface area contributed by atoms with E-state index >= 15 is 0 Å². The molecule has 3 aliphatic carbocycles. The van der Waals surface area contributed by atoms with Gasteiger partial charge in [-0.15, -0.1) is 0 Å². The SMILES string of the molecule is Cc1c(C)c2c(c(C)c1OC(=O)C(N)C(C)OP(=O)(O)O)C[C@H]1C2(C)CCC2C(C)(C)CCC[C@@]21C. The Hall–Kier alpha value is -1.24. The number of carbonyl (C=O) groups excluding carboxylic acids is 1. The van der Waals surface area contributed by atoms with Crippen molar-refractivity contribution < 1.29 is 28.4 Å². The van der Waals surface area contributed by atoms with Crippen LogP contribution in [0.1, 0.15) is 94.5 Å². The molecule has 0 aromatic heterocycles. The van der Waals surface area contributed by atoms with Crippen molar-refractivity contribution in [3.05, 3.63) is 27.8 Å². The highest BCUT2D eigenvalue weighted by Crippen LogP contribution is 2.68. The minimum absolute atomic E-state index is 0.0955. The zero-order valence-corrected chi connectivity index (χ0v) is 24.0. The molecule has 0 radical (unpaired) electrons. The van der Waals surface area contributed by atoms with E-state index in [9.17, 15) is 9.36 Å². The van der Waals surface area contributed by atoms with Crippen LogP contribution in [0.5, 0.6) is 5.75 Å². The molecule has 1 aromatic rings. The van der Waals surface area contributed by atoms with E-state index in [1.54, 1.807) is 0 Å². The van der Waals surface area contributed by atoms with Crippen LogP contribution >= 0.6 is 7.82 Å². The van der Waals surface area contributed by atoms with Gasteiger partial charge in [-0.1, -0.05) is 34.1 Å². The third-order valence-corrected chi connectivity index (χ3v) is 11.0. The molecular formula is C28H44NO6P. The maximum atomic E-state index is 12.9. The predicted octanol–water partition coefficient (Wildman–Crippen LogP) is 5.40. The van der Waals surface area contributed by atoms with Crippen LogP contribution in [0.4, 0.5) is 0 Å². The van der Waals surface area contributed by atoms with Gasteiger partial charge in [-0.05, 0) is 116 Å². The van der Waals surface area contributed by atoms with E-state index in [1.165, 1.54) is 55.7 Å². The second-order valence-corrected chi connectivity index (χ2v) is 14.1. The molecule has 0 heterocycles. The van der Waals surface area contributed by atoms with Gasteiger partial charge in [-0.2, -0.15) is 0 Å². The van der Waals surface area contributed by atoms with Crippen LogP contribution in [0.25, 0.3) is 0 Å². The first-order valence-corrected chi connectivity index (χ1v) is 14.8. The van der Waals surface area contributed by atoms with Crippen LogP contribution in [-0.4, -0.2) is 27.9 Å². The highest BCUT2D eigenvalue weighted by atomic mass is 31.2. The van der Waals surface area contributed by atoms with Gasteiger partial charge in [0.2, 0.25) is 0 Å². The van der Waals surface area contributed by atoms with Gasteiger partial charge in [0.1, 0.15) is 11.8 Å². The molecule has 36 heavy (non-hydrogen) atoms. The summed E-state index contributed by atoms with van der Waals surface area (Å²) in [4.78, 5) is 31.1. The van der Waals surface area contributed by atoms with E-state index in [0.717, 1.165) is 17.5 Å². The topological polar surface area (TPSA) is 119 Å². The normalized spacial score (nSPS) is 32.8. The number of hydrogen-bond donors (Lipinski definition) is 3. The molecule has 7 nitrogen and oxygen atoms in total. The number of benzene rings is 1.